The Balaban J connectivity index is 2.06. The van der Waals surface area contributed by atoms with Crippen LogP contribution in [0.25, 0.3) is 0 Å². The fourth-order valence-corrected chi connectivity index (χ4v) is 3.02. The molecule has 0 heterocycles. The Hall–Kier alpha value is -0.370. The van der Waals surface area contributed by atoms with Gasteiger partial charge in [-0.3, -0.25) is 0 Å². The van der Waals surface area contributed by atoms with Gasteiger partial charge in [0.2, 0.25) is 0 Å². The molecule has 3 rings (SSSR count). The van der Waals surface area contributed by atoms with E-state index in [1.54, 1.807) is 0 Å². The molecule has 2 bridgehead atoms. The molecule has 0 aliphatic heterocycles. The zero-order chi connectivity index (χ0) is 9.36. The molecular formula is C11H18O2. The van der Waals surface area contributed by atoms with E-state index in [0.29, 0.717) is 5.41 Å². The molecule has 0 saturated heterocycles. The van der Waals surface area contributed by atoms with Crippen LogP contribution in [0.4, 0.5) is 0 Å². The summed E-state index contributed by atoms with van der Waals surface area (Å²) in [4.78, 5) is 10.6. The second-order valence-electron chi connectivity index (χ2n) is 4.76. The molecule has 0 aromatic heterocycles. The number of carbonyl (C=O) groups is 1. The second kappa shape index (κ2) is 3.09. The van der Waals surface area contributed by atoms with Crippen LogP contribution in [-0.2, 0) is 9.53 Å². The van der Waals surface area contributed by atoms with Crippen molar-refractivity contribution in [1.82, 2.24) is 0 Å². The average Bonchev–Trinajstić information content (AvgIpc) is 2.21. The van der Waals surface area contributed by atoms with Gasteiger partial charge >= 0.3 is 0 Å². The van der Waals surface area contributed by atoms with Gasteiger partial charge in [-0.2, -0.15) is 0 Å². The largest absolute Gasteiger partial charge is 0.378 e. The molecule has 2 heteroatoms. The maximum atomic E-state index is 10.6. The Morgan fingerprint density at radius 2 is 1.69 bits per heavy atom. The number of hydrogen-bond donors (Lipinski definition) is 0. The highest BCUT2D eigenvalue weighted by Crippen LogP contribution is 2.54. The summed E-state index contributed by atoms with van der Waals surface area (Å²) in [5.41, 5.74) is 0.548. The molecule has 0 spiro atoms. The molecule has 3 saturated carbocycles. The predicted molar refractivity (Wildman–Crippen MR) is 50.6 cm³/mol. The molecule has 0 atom stereocenters. The van der Waals surface area contributed by atoms with E-state index in [1.165, 1.54) is 19.3 Å². The first-order chi connectivity index (χ1) is 6.24. The van der Waals surface area contributed by atoms with E-state index in [1.807, 2.05) is 7.11 Å². The molecular weight excluding hydrogens is 164 g/mol. The topological polar surface area (TPSA) is 26.3 Å². The molecule has 3 aliphatic carbocycles. The van der Waals surface area contributed by atoms with Crippen molar-refractivity contribution in [2.24, 2.45) is 5.41 Å². The fourth-order valence-electron chi connectivity index (χ4n) is 3.02. The van der Waals surface area contributed by atoms with Crippen LogP contribution in [0.3, 0.4) is 0 Å². The minimum atomic E-state index is 0.185. The van der Waals surface area contributed by atoms with E-state index < -0.39 is 0 Å². The van der Waals surface area contributed by atoms with Crippen LogP contribution in [0.5, 0.6) is 0 Å². The molecule has 13 heavy (non-hydrogen) atoms. The van der Waals surface area contributed by atoms with Gasteiger partial charge in [0.25, 0.3) is 0 Å². The van der Waals surface area contributed by atoms with Crippen molar-refractivity contribution in [1.29, 1.82) is 0 Å². The van der Waals surface area contributed by atoms with Crippen molar-refractivity contribution in [3.05, 3.63) is 0 Å². The Bertz CT molecular complexity index is 186. The van der Waals surface area contributed by atoms with E-state index in [0.717, 1.165) is 32.0 Å². The van der Waals surface area contributed by atoms with Gasteiger partial charge in [0, 0.05) is 13.5 Å². The standard InChI is InChI=1S/C11H18O2/c1-13-11-5-2-10(3-6-11,4-7-11)8-9-12/h9H,2-8H2,1H3. The molecule has 2 nitrogen and oxygen atoms in total. The fraction of sp³-hybridized carbons (Fsp3) is 0.909. The normalized spacial score (nSPS) is 43.5. The summed E-state index contributed by atoms with van der Waals surface area (Å²) in [6.07, 6.45) is 8.95. The lowest BCUT2D eigenvalue weighted by molar-refractivity contribution is -0.128. The maximum absolute atomic E-state index is 10.6. The van der Waals surface area contributed by atoms with Crippen molar-refractivity contribution < 1.29 is 9.53 Å². The van der Waals surface area contributed by atoms with Gasteiger partial charge in [0.05, 0.1) is 5.60 Å². The summed E-state index contributed by atoms with van der Waals surface area (Å²) in [6.45, 7) is 0. The van der Waals surface area contributed by atoms with Crippen molar-refractivity contribution >= 4 is 6.29 Å². The van der Waals surface area contributed by atoms with Crippen molar-refractivity contribution in [2.75, 3.05) is 7.11 Å². The third-order valence-corrected chi connectivity index (χ3v) is 4.28. The summed E-state index contributed by atoms with van der Waals surface area (Å²) in [7, 11) is 1.83. The number of ether oxygens (including phenoxy) is 1. The summed E-state index contributed by atoms with van der Waals surface area (Å²) >= 11 is 0. The minimum Gasteiger partial charge on any atom is -0.378 e. The summed E-state index contributed by atoms with van der Waals surface area (Å²) in [5.74, 6) is 0. The zero-order valence-corrected chi connectivity index (χ0v) is 8.34. The van der Waals surface area contributed by atoms with Crippen molar-refractivity contribution in [3.8, 4) is 0 Å². The van der Waals surface area contributed by atoms with E-state index in [9.17, 15) is 4.79 Å². The minimum absolute atomic E-state index is 0.185. The van der Waals surface area contributed by atoms with Gasteiger partial charge in [-0.25, -0.2) is 0 Å². The first-order valence-electron chi connectivity index (χ1n) is 5.23. The van der Waals surface area contributed by atoms with Crippen LogP contribution in [0.15, 0.2) is 0 Å². The summed E-state index contributed by atoms with van der Waals surface area (Å²) < 4.78 is 5.60. The van der Waals surface area contributed by atoms with Crippen LogP contribution in [0.2, 0.25) is 0 Å². The Morgan fingerprint density at radius 1 is 1.15 bits per heavy atom. The van der Waals surface area contributed by atoms with Gasteiger partial charge in [-0.05, 0) is 43.9 Å². The Kier molecular flexibility index (Phi) is 2.18. The lowest BCUT2D eigenvalue weighted by Gasteiger charge is -2.52. The molecule has 0 N–H and O–H groups in total. The molecule has 74 valence electrons. The first-order valence-corrected chi connectivity index (χ1v) is 5.23. The summed E-state index contributed by atoms with van der Waals surface area (Å²) in [5, 5.41) is 0. The van der Waals surface area contributed by atoms with E-state index in [4.69, 9.17) is 4.74 Å². The zero-order valence-electron chi connectivity index (χ0n) is 8.34. The third-order valence-electron chi connectivity index (χ3n) is 4.28. The maximum Gasteiger partial charge on any atom is 0.120 e. The Labute approximate surface area is 79.7 Å². The number of aldehydes is 1. The number of carbonyl (C=O) groups excluding carboxylic acids is 1. The molecule has 0 aromatic rings. The quantitative estimate of drug-likeness (QED) is 0.626. The highest BCUT2D eigenvalue weighted by molar-refractivity contribution is 5.51. The highest BCUT2D eigenvalue weighted by Gasteiger charge is 2.48. The molecule has 0 amide bonds. The predicted octanol–water partition coefficient (Wildman–Crippen LogP) is 2.31. The van der Waals surface area contributed by atoms with Crippen molar-refractivity contribution in [2.45, 2.75) is 50.5 Å². The molecule has 3 aliphatic rings. The van der Waals surface area contributed by atoms with E-state index in [-0.39, 0.29) is 5.60 Å². The molecule has 0 aromatic carbocycles. The molecule has 0 radical (unpaired) electrons. The summed E-state index contributed by atoms with van der Waals surface area (Å²) in [6, 6.07) is 0. The average molecular weight is 182 g/mol. The van der Waals surface area contributed by atoms with Gasteiger partial charge in [-0.1, -0.05) is 0 Å². The van der Waals surface area contributed by atoms with Gasteiger partial charge < -0.3 is 9.53 Å². The van der Waals surface area contributed by atoms with Crippen LogP contribution < -0.4 is 0 Å². The van der Waals surface area contributed by atoms with E-state index in [2.05, 4.69) is 0 Å². The molecule has 3 fully saturated rings. The lowest BCUT2D eigenvalue weighted by atomic mass is 9.57. The van der Waals surface area contributed by atoms with E-state index >= 15 is 0 Å². The SMILES string of the molecule is COC12CCC(CC=O)(CC1)CC2. The number of hydrogen-bond acceptors (Lipinski definition) is 2. The van der Waals surface area contributed by atoms with Gasteiger partial charge in [0.15, 0.2) is 0 Å². The van der Waals surface area contributed by atoms with Crippen molar-refractivity contribution in [3.63, 3.8) is 0 Å². The number of methoxy groups -OCH3 is 1. The number of rotatable bonds is 3. The monoisotopic (exact) mass is 182 g/mol. The smallest absolute Gasteiger partial charge is 0.120 e. The lowest BCUT2D eigenvalue weighted by Crippen LogP contribution is -2.47. The number of fused-ring (bicyclic) bond motifs is 3. The van der Waals surface area contributed by atoms with Gasteiger partial charge in [-0.15, -0.1) is 0 Å². The Morgan fingerprint density at radius 3 is 2.08 bits per heavy atom. The van der Waals surface area contributed by atoms with Crippen LogP contribution in [0, 0.1) is 5.41 Å². The first kappa shape index (κ1) is 9.20. The third kappa shape index (κ3) is 1.41. The van der Waals surface area contributed by atoms with Crippen LogP contribution in [0.1, 0.15) is 44.9 Å². The van der Waals surface area contributed by atoms with Crippen LogP contribution in [-0.4, -0.2) is 19.0 Å². The highest BCUT2D eigenvalue weighted by atomic mass is 16.5. The van der Waals surface area contributed by atoms with Crippen LogP contribution >= 0.6 is 0 Å². The van der Waals surface area contributed by atoms with Gasteiger partial charge in [0.1, 0.15) is 6.29 Å². The molecule has 0 unspecified atom stereocenters. The second-order valence-corrected chi connectivity index (χ2v) is 4.76.